The van der Waals surface area contributed by atoms with Crippen molar-refractivity contribution in [3.8, 4) is 0 Å². The van der Waals surface area contributed by atoms with Gasteiger partial charge in [0.15, 0.2) is 0 Å². The van der Waals surface area contributed by atoms with Crippen LogP contribution >= 0.6 is 0 Å². The summed E-state index contributed by atoms with van der Waals surface area (Å²) in [5.74, 6) is 1.04. The molecule has 2 atom stereocenters. The van der Waals surface area contributed by atoms with Crippen molar-refractivity contribution in [3.05, 3.63) is 66.0 Å². The molecule has 2 N–H and O–H groups in total. The number of imidazole rings is 1. The van der Waals surface area contributed by atoms with E-state index in [0.717, 1.165) is 49.6 Å². The Morgan fingerprint density at radius 2 is 1.79 bits per heavy atom. The number of hydrogen-bond acceptors (Lipinski definition) is 5. The second-order valence-electron chi connectivity index (χ2n) is 7.72. The highest BCUT2D eigenvalue weighted by Crippen LogP contribution is 2.21. The van der Waals surface area contributed by atoms with Gasteiger partial charge in [0, 0.05) is 45.7 Å². The first-order chi connectivity index (χ1) is 14.2. The number of rotatable bonds is 8. The minimum Gasteiger partial charge on any atom is -0.390 e. The van der Waals surface area contributed by atoms with E-state index in [2.05, 4.69) is 58.2 Å². The number of aliphatic hydroxyl groups is 1. The molecule has 1 aliphatic heterocycles. The smallest absolute Gasteiger partial charge is 0.111 e. The summed E-state index contributed by atoms with van der Waals surface area (Å²) in [6, 6.07) is 18.7. The van der Waals surface area contributed by atoms with E-state index in [9.17, 15) is 5.11 Å². The quantitative estimate of drug-likeness (QED) is 0.613. The zero-order valence-corrected chi connectivity index (χ0v) is 17.0. The summed E-state index contributed by atoms with van der Waals surface area (Å²) in [6.45, 7) is 4.49. The van der Waals surface area contributed by atoms with E-state index in [1.54, 1.807) is 0 Å². The van der Waals surface area contributed by atoms with Crippen LogP contribution in [0.4, 0.5) is 0 Å². The van der Waals surface area contributed by atoms with Gasteiger partial charge in [-0.3, -0.25) is 4.90 Å². The molecule has 0 spiro atoms. The fourth-order valence-electron chi connectivity index (χ4n) is 3.98. The molecule has 6 nitrogen and oxygen atoms in total. The molecule has 0 unspecified atom stereocenters. The van der Waals surface area contributed by atoms with Crippen LogP contribution in [0.3, 0.4) is 0 Å². The molecule has 0 radical (unpaired) electrons. The van der Waals surface area contributed by atoms with Gasteiger partial charge in [0.25, 0.3) is 0 Å². The van der Waals surface area contributed by atoms with Crippen molar-refractivity contribution in [3.63, 3.8) is 0 Å². The molecule has 4 rings (SSSR count). The number of β-amino-alcohol motifs (C(OH)–C–C–N with tert-alkyl or cyclic N) is 1. The maximum Gasteiger partial charge on any atom is 0.111 e. The average Bonchev–Trinajstić information content (AvgIpc) is 3.08. The van der Waals surface area contributed by atoms with Crippen molar-refractivity contribution < 1.29 is 9.84 Å². The highest BCUT2D eigenvalue weighted by Gasteiger charge is 2.19. The first-order valence-corrected chi connectivity index (χ1v) is 10.4. The fraction of sp³-hybridized carbons (Fsp3) is 0.435. The predicted octanol–water partition coefficient (Wildman–Crippen LogP) is 2.14. The molecular formula is C23H30N4O2. The Bertz CT molecular complexity index is 906. The van der Waals surface area contributed by atoms with Gasteiger partial charge in [0.1, 0.15) is 5.82 Å². The molecule has 1 saturated heterocycles. The minimum atomic E-state index is -0.417. The molecule has 3 aromatic rings. The number of hydrogen-bond donors (Lipinski definition) is 2. The summed E-state index contributed by atoms with van der Waals surface area (Å²) in [7, 11) is 2.07. The topological polar surface area (TPSA) is 62.5 Å². The zero-order valence-electron chi connectivity index (χ0n) is 17.0. The lowest BCUT2D eigenvalue weighted by Crippen LogP contribution is -2.44. The van der Waals surface area contributed by atoms with Crippen molar-refractivity contribution in [1.29, 1.82) is 0 Å². The molecule has 2 heterocycles. The molecule has 154 valence electrons. The monoisotopic (exact) mass is 394 g/mol. The molecule has 0 saturated carbocycles. The summed E-state index contributed by atoms with van der Waals surface area (Å²) in [6.07, 6.45) is 0.346. The lowest BCUT2D eigenvalue weighted by atomic mass is 10.0. The Balaban J connectivity index is 1.45. The predicted molar refractivity (Wildman–Crippen MR) is 115 cm³/mol. The number of morpholine rings is 1. The second-order valence-corrected chi connectivity index (χ2v) is 7.72. The molecule has 0 aliphatic carbocycles. The van der Waals surface area contributed by atoms with Gasteiger partial charge in [-0.25, -0.2) is 4.98 Å². The first kappa shape index (κ1) is 20.0. The number of aliphatic hydroxyl groups excluding tert-OH is 1. The van der Waals surface area contributed by atoms with Crippen molar-refractivity contribution in [2.75, 3.05) is 39.4 Å². The number of benzene rings is 2. The number of nitrogens with zero attached hydrogens (tertiary/aromatic N) is 3. The summed E-state index contributed by atoms with van der Waals surface area (Å²) in [5.41, 5.74) is 3.36. The lowest BCUT2D eigenvalue weighted by molar-refractivity contribution is 0.0144. The van der Waals surface area contributed by atoms with Crippen LogP contribution in [0.25, 0.3) is 11.0 Å². The molecule has 6 heteroatoms. The number of aromatic nitrogens is 2. The van der Waals surface area contributed by atoms with E-state index in [0.29, 0.717) is 13.1 Å². The van der Waals surface area contributed by atoms with Crippen LogP contribution < -0.4 is 5.32 Å². The molecule has 1 aromatic heterocycles. The van der Waals surface area contributed by atoms with E-state index >= 15 is 0 Å². The standard InChI is InChI=1S/C23H30N4O2/c1-26-22-10-6-5-9-20(22)25-23(26)15-21(18-7-3-2-4-8-18)24-16-19(28)17-27-11-13-29-14-12-27/h2-10,19,21,24,28H,11-17H2,1H3/t19-,21-/m1/s1. The summed E-state index contributed by atoms with van der Waals surface area (Å²) in [4.78, 5) is 7.10. The van der Waals surface area contributed by atoms with Crippen molar-refractivity contribution >= 4 is 11.0 Å². The Labute approximate surface area is 172 Å². The van der Waals surface area contributed by atoms with E-state index in [4.69, 9.17) is 9.72 Å². The van der Waals surface area contributed by atoms with Gasteiger partial charge in [-0.05, 0) is 17.7 Å². The fourth-order valence-corrected chi connectivity index (χ4v) is 3.98. The highest BCUT2D eigenvalue weighted by atomic mass is 16.5. The van der Waals surface area contributed by atoms with Crippen molar-refractivity contribution in [2.24, 2.45) is 7.05 Å². The Kier molecular flexibility index (Phi) is 6.56. The van der Waals surface area contributed by atoms with Crippen LogP contribution in [0.15, 0.2) is 54.6 Å². The number of nitrogens with one attached hydrogen (secondary N) is 1. The van der Waals surface area contributed by atoms with Crippen molar-refractivity contribution in [2.45, 2.75) is 18.6 Å². The Morgan fingerprint density at radius 3 is 2.55 bits per heavy atom. The average molecular weight is 395 g/mol. The van der Waals surface area contributed by atoms with E-state index in [1.807, 2.05) is 18.2 Å². The van der Waals surface area contributed by atoms with E-state index in [1.165, 1.54) is 5.56 Å². The largest absolute Gasteiger partial charge is 0.390 e. The van der Waals surface area contributed by atoms with Gasteiger partial charge >= 0.3 is 0 Å². The SMILES string of the molecule is Cn1c(C[C@@H](NC[C@@H](O)CN2CCOCC2)c2ccccc2)nc2ccccc21. The number of ether oxygens (including phenoxy) is 1. The van der Waals surface area contributed by atoms with Crippen LogP contribution in [-0.4, -0.2) is 65.1 Å². The normalized spacial score (nSPS) is 17.4. The third-order valence-electron chi connectivity index (χ3n) is 5.64. The molecule has 29 heavy (non-hydrogen) atoms. The number of aryl methyl sites for hydroxylation is 1. The van der Waals surface area contributed by atoms with Gasteiger partial charge in [-0.2, -0.15) is 0 Å². The van der Waals surface area contributed by atoms with Gasteiger partial charge in [-0.1, -0.05) is 42.5 Å². The van der Waals surface area contributed by atoms with Crippen LogP contribution in [0, 0.1) is 0 Å². The lowest BCUT2D eigenvalue weighted by Gasteiger charge is -2.29. The molecule has 1 aliphatic rings. The third-order valence-corrected chi connectivity index (χ3v) is 5.64. The van der Waals surface area contributed by atoms with E-state index < -0.39 is 6.10 Å². The highest BCUT2D eigenvalue weighted by molar-refractivity contribution is 5.75. The Hall–Kier alpha value is -2.25. The van der Waals surface area contributed by atoms with Crippen LogP contribution in [0.2, 0.25) is 0 Å². The molecule has 2 aromatic carbocycles. The third kappa shape index (κ3) is 5.03. The maximum absolute atomic E-state index is 10.6. The van der Waals surface area contributed by atoms with Crippen LogP contribution in [0.5, 0.6) is 0 Å². The Morgan fingerprint density at radius 1 is 1.07 bits per heavy atom. The zero-order chi connectivity index (χ0) is 20.1. The molecule has 0 amide bonds. The molecular weight excluding hydrogens is 364 g/mol. The van der Waals surface area contributed by atoms with Crippen LogP contribution in [0.1, 0.15) is 17.4 Å². The van der Waals surface area contributed by atoms with Gasteiger partial charge in [-0.15, -0.1) is 0 Å². The van der Waals surface area contributed by atoms with Crippen molar-refractivity contribution in [1.82, 2.24) is 19.8 Å². The minimum absolute atomic E-state index is 0.0889. The molecule has 0 bridgehead atoms. The van der Waals surface area contributed by atoms with Gasteiger partial charge in [0.05, 0.1) is 30.4 Å². The summed E-state index contributed by atoms with van der Waals surface area (Å²) >= 11 is 0. The van der Waals surface area contributed by atoms with Gasteiger partial charge < -0.3 is 19.7 Å². The summed E-state index contributed by atoms with van der Waals surface area (Å²) in [5, 5.41) is 14.2. The number of para-hydroxylation sites is 2. The van der Waals surface area contributed by atoms with Crippen LogP contribution in [-0.2, 0) is 18.2 Å². The molecule has 1 fully saturated rings. The first-order valence-electron chi connectivity index (χ1n) is 10.4. The number of fused-ring (bicyclic) bond motifs is 1. The van der Waals surface area contributed by atoms with Gasteiger partial charge in [0.2, 0.25) is 0 Å². The second kappa shape index (κ2) is 9.50. The summed E-state index contributed by atoms with van der Waals surface area (Å²) < 4.78 is 7.56. The van der Waals surface area contributed by atoms with E-state index in [-0.39, 0.29) is 6.04 Å². The maximum atomic E-state index is 10.6.